The molecule has 2 N–H and O–H groups in total. The van der Waals surface area contributed by atoms with Gasteiger partial charge in [0.05, 0.1) is 12.2 Å². The topological polar surface area (TPSA) is 67.0 Å². The Balaban J connectivity index is 1.95. The molecule has 0 saturated heterocycles. The SMILES string of the molecule is CC(C)(C)OC(=O)N[C@H]1CCc2[nH]ncc21. The van der Waals surface area contributed by atoms with Crippen LogP contribution < -0.4 is 5.32 Å². The zero-order valence-electron chi connectivity index (χ0n) is 9.83. The summed E-state index contributed by atoms with van der Waals surface area (Å²) in [6.45, 7) is 5.56. The van der Waals surface area contributed by atoms with Crippen molar-refractivity contribution >= 4 is 6.09 Å². The molecule has 0 spiro atoms. The maximum absolute atomic E-state index is 11.6. The van der Waals surface area contributed by atoms with Gasteiger partial charge in [-0.25, -0.2) is 4.79 Å². The molecule has 0 radical (unpaired) electrons. The second-order valence-electron chi connectivity index (χ2n) is 5.04. The first kappa shape index (κ1) is 11.0. The van der Waals surface area contributed by atoms with Crippen LogP contribution in [0, 0.1) is 0 Å². The molecule has 0 unspecified atom stereocenters. The van der Waals surface area contributed by atoms with Crippen molar-refractivity contribution in [3.8, 4) is 0 Å². The predicted octanol–water partition coefficient (Wildman–Crippen LogP) is 1.92. The number of ether oxygens (including phenoxy) is 1. The van der Waals surface area contributed by atoms with Crippen LogP contribution in [0.5, 0.6) is 0 Å². The normalized spacial score (nSPS) is 19.3. The summed E-state index contributed by atoms with van der Waals surface area (Å²) in [4.78, 5) is 11.6. The molecule has 0 fully saturated rings. The van der Waals surface area contributed by atoms with Crippen molar-refractivity contribution < 1.29 is 9.53 Å². The van der Waals surface area contributed by atoms with E-state index in [1.165, 1.54) is 0 Å². The van der Waals surface area contributed by atoms with Crippen LogP contribution in [0.4, 0.5) is 4.79 Å². The number of alkyl carbamates (subject to hydrolysis) is 1. The number of amides is 1. The first-order valence-corrected chi connectivity index (χ1v) is 5.47. The van der Waals surface area contributed by atoms with E-state index in [1.54, 1.807) is 6.20 Å². The van der Waals surface area contributed by atoms with E-state index < -0.39 is 5.60 Å². The van der Waals surface area contributed by atoms with E-state index in [9.17, 15) is 4.79 Å². The first-order valence-electron chi connectivity index (χ1n) is 5.47. The Morgan fingerprint density at radius 1 is 1.62 bits per heavy atom. The van der Waals surface area contributed by atoms with Crippen LogP contribution in [0.3, 0.4) is 0 Å². The van der Waals surface area contributed by atoms with Gasteiger partial charge < -0.3 is 10.1 Å². The number of aromatic amines is 1. The van der Waals surface area contributed by atoms with Crippen molar-refractivity contribution in [2.24, 2.45) is 0 Å². The van der Waals surface area contributed by atoms with E-state index in [0.717, 1.165) is 24.1 Å². The summed E-state index contributed by atoms with van der Waals surface area (Å²) in [7, 11) is 0. The van der Waals surface area contributed by atoms with Gasteiger partial charge in [-0.3, -0.25) is 5.10 Å². The number of aromatic nitrogens is 2. The van der Waals surface area contributed by atoms with Gasteiger partial charge in [0.25, 0.3) is 0 Å². The maximum atomic E-state index is 11.6. The van der Waals surface area contributed by atoms with Gasteiger partial charge >= 0.3 is 6.09 Å². The van der Waals surface area contributed by atoms with Gasteiger partial charge in [0.2, 0.25) is 0 Å². The highest BCUT2D eigenvalue weighted by atomic mass is 16.6. The molecule has 16 heavy (non-hydrogen) atoms. The minimum absolute atomic E-state index is 0.0311. The number of hydrogen-bond donors (Lipinski definition) is 2. The molecule has 1 atom stereocenters. The van der Waals surface area contributed by atoms with Crippen molar-refractivity contribution in [3.05, 3.63) is 17.5 Å². The quantitative estimate of drug-likeness (QED) is 0.764. The fraction of sp³-hybridized carbons (Fsp3) is 0.636. The molecule has 0 saturated carbocycles. The largest absolute Gasteiger partial charge is 0.444 e. The molecule has 1 aromatic heterocycles. The molecule has 0 aromatic carbocycles. The molecule has 1 heterocycles. The smallest absolute Gasteiger partial charge is 0.408 e. The predicted molar refractivity (Wildman–Crippen MR) is 59.0 cm³/mol. The Morgan fingerprint density at radius 3 is 3.06 bits per heavy atom. The Labute approximate surface area is 94.6 Å². The molecule has 1 aliphatic rings. The number of nitrogens with zero attached hydrogens (tertiary/aromatic N) is 1. The molecule has 1 amide bonds. The summed E-state index contributed by atoms with van der Waals surface area (Å²) in [5.41, 5.74) is 1.73. The van der Waals surface area contributed by atoms with Crippen molar-refractivity contribution in [2.45, 2.75) is 45.3 Å². The Hall–Kier alpha value is -1.52. The van der Waals surface area contributed by atoms with Crippen LogP contribution in [0.15, 0.2) is 6.20 Å². The van der Waals surface area contributed by atoms with Crippen LogP contribution in [0.1, 0.15) is 44.5 Å². The van der Waals surface area contributed by atoms with Crippen LogP contribution in [-0.2, 0) is 11.2 Å². The third-order valence-electron chi connectivity index (χ3n) is 2.50. The molecular formula is C11H17N3O2. The summed E-state index contributed by atoms with van der Waals surface area (Å²) in [5.74, 6) is 0. The number of aryl methyl sites for hydroxylation is 1. The Morgan fingerprint density at radius 2 is 2.38 bits per heavy atom. The van der Waals surface area contributed by atoms with E-state index in [4.69, 9.17) is 4.74 Å². The molecule has 0 bridgehead atoms. The third kappa shape index (κ3) is 2.35. The Bertz CT molecular complexity index is 392. The van der Waals surface area contributed by atoms with Gasteiger partial charge in [0.1, 0.15) is 5.60 Å². The van der Waals surface area contributed by atoms with Crippen LogP contribution in [-0.4, -0.2) is 21.9 Å². The minimum atomic E-state index is -0.456. The van der Waals surface area contributed by atoms with E-state index in [2.05, 4.69) is 15.5 Å². The fourth-order valence-corrected chi connectivity index (χ4v) is 1.87. The monoisotopic (exact) mass is 223 g/mol. The molecule has 1 aliphatic carbocycles. The molecule has 5 nitrogen and oxygen atoms in total. The summed E-state index contributed by atoms with van der Waals surface area (Å²) in [6.07, 6.45) is 3.23. The zero-order chi connectivity index (χ0) is 11.8. The minimum Gasteiger partial charge on any atom is -0.444 e. The lowest BCUT2D eigenvalue weighted by Gasteiger charge is -2.21. The molecule has 1 aromatic rings. The highest BCUT2D eigenvalue weighted by Crippen LogP contribution is 2.29. The van der Waals surface area contributed by atoms with Crippen molar-refractivity contribution in [1.29, 1.82) is 0 Å². The summed E-state index contributed by atoms with van der Waals surface area (Å²) >= 11 is 0. The van der Waals surface area contributed by atoms with Gasteiger partial charge in [-0.1, -0.05) is 0 Å². The van der Waals surface area contributed by atoms with E-state index in [1.807, 2.05) is 20.8 Å². The fourth-order valence-electron chi connectivity index (χ4n) is 1.87. The van der Waals surface area contributed by atoms with Crippen molar-refractivity contribution in [1.82, 2.24) is 15.5 Å². The van der Waals surface area contributed by atoms with Gasteiger partial charge in [-0.2, -0.15) is 5.10 Å². The number of carbonyl (C=O) groups is 1. The molecule has 88 valence electrons. The molecular weight excluding hydrogens is 206 g/mol. The van der Waals surface area contributed by atoms with Gasteiger partial charge in [-0.05, 0) is 33.6 Å². The number of nitrogens with one attached hydrogen (secondary N) is 2. The first-order chi connectivity index (χ1) is 7.46. The van der Waals surface area contributed by atoms with Gasteiger partial charge in [0.15, 0.2) is 0 Å². The van der Waals surface area contributed by atoms with E-state index in [0.29, 0.717) is 0 Å². The lowest BCUT2D eigenvalue weighted by atomic mass is 10.2. The maximum Gasteiger partial charge on any atom is 0.408 e. The summed E-state index contributed by atoms with van der Waals surface area (Å²) in [6, 6.07) is 0.0311. The number of hydrogen-bond acceptors (Lipinski definition) is 3. The summed E-state index contributed by atoms with van der Waals surface area (Å²) in [5, 5.41) is 9.74. The van der Waals surface area contributed by atoms with Crippen LogP contribution in [0.25, 0.3) is 0 Å². The second kappa shape index (κ2) is 3.81. The van der Waals surface area contributed by atoms with E-state index in [-0.39, 0.29) is 12.1 Å². The van der Waals surface area contributed by atoms with Crippen molar-refractivity contribution in [2.75, 3.05) is 0 Å². The third-order valence-corrected chi connectivity index (χ3v) is 2.50. The Kier molecular flexibility index (Phi) is 2.61. The number of H-pyrrole nitrogens is 1. The van der Waals surface area contributed by atoms with Crippen LogP contribution >= 0.6 is 0 Å². The van der Waals surface area contributed by atoms with Gasteiger partial charge in [-0.15, -0.1) is 0 Å². The standard InChI is InChI=1S/C11H17N3O2/c1-11(2,3)16-10(15)13-8-4-5-9-7(8)6-12-14-9/h6,8H,4-5H2,1-3H3,(H,12,14)(H,13,15)/t8-/m0/s1. The number of carbonyl (C=O) groups excluding carboxylic acids is 1. The molecule has 5 heteroatoms. The van der Waals surface area contributed by atoms with E-state index >= 15 is 0 Å². The molecule has 0 aliphatic heterocycles. The van der Waals surface area contributed by atoms with Gasteiger partial charge in [0, 0.05) is 11.3 Å². The second-order valence-corrected chi connectivity index (χ2v) is 5.04. The average molecular weight is 223 g/mol. The van der Waals surface area contributed by atoms with Crippen molar-refractivity contribution in [3.63, 3.8) is 0 Å². The lowest BCUT2D eigenvalue weighted by Crippen LogP contribution is -2.34. The summed E-state index contributed by atoms with van der Waals surface area (Å²) < 4.78 is 5.21. The lowest BCUT2D eigenvalue weighted by molar-refractivity contribution is 0.0503. The highest BCUT2D eigenvalue weighted by molar-refractivity contribution is 5.68. The molecule has 2 rings (SSSR count). The number of rotatable bonds is 1. The zero-order valence-corrected chi connectivity index (χ0v) is 9.83. The van der Waals surface area contributed by atoms with Crippen LogP contribution in [0.2, 0.25) is 0 Å². The highest BCUT2D eigenvalue weighted by Gasteiger charge is 2.27. The average Bonchev–Trinajstić information content (AvgIpc) is 2.66. The number of fused-ring (bicyclic) bond motifs is 1.